The number of hydrogen-bond acceptors (Lipinski definition) is 5. The summed E-state index contributed by atoms with van der Waals surface area (Å²) in [6, 6.07) is 9.68. The number of esters is 1. The molecule has 4 rings (SSSR count). The van der Waals surface area contributed by atoms with Crippen LogP contribution in [0.4, 0.5) is 5.00 Å². The van der Waals surface area contributed by atoms with Gasteiger partial charge in [0.15, 0.2) is 0 Å². The SMILES string of the molecule is Cc1ccc(-c2cc(C(=O)Nc3sc4c(c3C(=O)OC(C)C)CCCC4)[nH]n2)cc1. The zero-order chi connectivity index (χ0) is 21.3. The van der Waals surface area contributed by atoms with Gasteiger partial charge in [-0.2, -0.15) is 5.10 Å². The number of aromatic nitrogens is 2. The van der Waals surface area contributed by atoms with Gasteiger partial charge in [-0.1, -0.05) is 29.8 Å². The Morgan fingerprint density at radius 3 is 2.63 bits per heavy atom. The predicted octanol–water partition coefficient (Wildman–Crippen LogP) is 5.14. The zero-order valence-corrected chi connectivity index (χ0v) is 18.2. The Morgan fingerprint density at radius 2 is 1.90 bits per heavy atom. The van der Waals surface area contributed by atoms with E-state index in [4.69, 9.17) is 4.74 Å². The normalized spacial score (nSPS) is 13.2. The summed E-state index contributed by atoms with van der Waals surface area (Å²) >= 11 is 1.48. The lowest BCUT2D eigenvalue weighted by Crippen LogP contribution is -2.18. The number of nitrogens with one attached hydrogen (secondary N) is 2. The minimum atomic E-state index is -0.371. The van der Waals surface area contributed by atoms with Crippen molar-refractivity contribution >= 4 is 28.2 Å². The van der Waals surface area contributed by atoms with Crippen molar-refractivity contribution in [1.29, 1.82) is 0 Å². The summed E-state index contributed by atoms with van der Waals surface area (Å²) < 4.78 is 5.46. The molecule has 0 atom stereocenters. The summed E-state index contributed by atoms with van der Waals surface area (Å²) in [6.45, 7) is 5.67. The average molecular weight is 424 g/mol. The van der Waals surface area contributed by atoms with Gasteiger partial charge in [-0.25, -0.2) is 4.79 Å². The summed E-state index contributed by atoms with van der Waals surface area (Å²) in [7, 11) is 0. The second-order valence-electron chi connectivity index (χ2n) is 7.86. The van der Waals surface area contributed by atoms with Gasteiger partial charge in [0.25, 0.3) is 5.91 Å². The minimum Gasteiger partial charge on any atom is -0.459 e. The van der Waals surface area contributed by atoms with Gasteiger partial charge in [0, 0.05) is 10.4 Å². The van der Waals surface area contributed by atoms with Crippen molar-refractivity contribution < 1.29 is 14.3 Å². The molecule has 2 N–H and O–H groups in total. The fraction of sp³-hybridized carbons (Fsp3) is 0.348. The number of benzene rings is 1. The molecule has 1 amide bonds. The molecule has 0 saturated carbocycles. The largest absolute Gasteiger partial charge is 0.459 e. The Morgan fingerprint density at radius 1 is 1.17 bits per heavy atom. The number of amides is 1. The summed E-state index contributed by atoms with van der Waals surface area (Å²) in [4.78, 5) is 26.8. The number of ether oxygens (including phenoxy) is 1. The van der Waals surface area contributed by atoms with Gasteiger partial charge < -0.3 is 10.1 Å². The Labute approximate surface area is 179 Å². The molecule has 7 heteroatoms. The van der Waals surface area contributed by atoms with Crippen LogP contribution in [-0.4, -0.2) is 28.2 Å². The van der Waals surface area contributed by atoms with E-state index in [1.165, 1.54) is 11.3 Å². The molecule has 156 valence electrons. The van der Waals surface area contributed by atoms with E-state index in [-0.39, 0.29) is 18.0 Å². The lowest BCUT2D eigenvalue weighted by Gasteiger charge is -2.14. The first-order valence-electron chi connectivity index (χ1n) is 10.2. The molecule has 0 saturated heterocycles. The monoisotopic (exact) mass is 423 g/mol. The van der Waals surface area contributed by atoms with Gasteiger partial charge in [-0.15, -0.1) is 11.3 Å². The van der Waals surface area contributed by atoms with E-state index in [0.29, 0.717) is 22.0 Å². The standard InChI is InChI=1S/C23H25N3O3S/c1-13(2)29-23(28)20-16-6-4-5-7-19(16)30-22(20)24-21(27)18-12-17(25-26-18)15-10-8-14(3)9-11-15/h8-13H,4-7H2,1-3H3,(H,24,27)(H,25,26). The average Bonchev–Trinajstić information content (AvgIpc) is 3.32. The second-order valence-corrected chi connectivity index (χ2v) is 8.96. The number of fused-ring (bicyclic) bond motifs is 1. The highest BCUT2D eigenvalue weighted by atomic mass is 32.1. The van der Waals surface area contributed by atoms with E-state index in [9.17, 15) is 9.59 Å². The van der Waals surface area contributed by atoms with Gasteiger partial charge in [0.2, 0.25) is 0 Å². The van der Waals surface area contributed by atoms with E-state index in [1.807, 2.05) is 45.0 Å². The fourth-order valence-corrected chi connectivity index (χ4v) is 4.90. The number of H-pyrrole nitrogens is 1. The van der Waals surface area contributed by atoms with E-state index in [2.05, 4.69) is 15.5 Å². The number of carbonyl (C=O) groups is 2. The Kier molecular flexibility index (Phi) is 5.72. The van der Waals surface area contributed by atoms with Crippen LogP contribution in [0.25, 0.3) is 11.3 Å². The van der Waals surface area contributed by atoms with Crippen molar-refractivity contribution in [2.24, 2.45) is 0 Å². The van der Waals surface area contributed by atoms with Crippen molar-refractivity contribution in [3.05, 3.63) is 57.6 Å². The topological polar surface area (TPSA) is 84.1 Å². The zero-order valence-electron chi connectivity index (χ0n) is 17.4. The molecular weight excluding hydrogens is 398 g/mol. The van der Waals surface area contributed by atoms with Crippen LogP contribution in [0.1, 0.15) is 63.5 Å². The van der Waals surface area contributed by atoms with E-state index in [1.54, 1.807) is 6.07 Å². The number of rotatable bonds is 5. The number of aryl methyl sites for hydroxylation is 2. The number of carbonyl (C=O) groups excluding carboxylic acids is 2. The highest BCUT2D eigenvalue weighted by Gasteiger charge is 2.28. The molecule has 1 aliphatic carbocycles. The lowest BCUT2D eigenvalue weighted by atomic mass is 9.95. The molecule has 6 nitrogen and oxygen atoms in total. The van der Waals surface area contributed by atoms with Crippen molar-refractivity contribution in [3.8, 4) is 11.3 Å². The second kappa shape index (κ2) is 8.44. The predicted molar refractivity (Wildman–Crippen MR) is 118 cm³/mol. The van der Waals surface area contributed by atoms with Crippen LogP contribution in [0.15, 0.2) is 30.3 Å². The van der Waals surface area contributed by atoms with Gasteiger partial charge >= 0.3 is 5.97 Å². The highest BCUT2D eigenvalue weighted by Crippen LogP contribution is 2.39. The van der Waals surface area contributed by atoms with Gasteiger partial charge in [-0.3, -0.25) is 9.89 Å². The maximum Gasteiger partial charge on any atom is 0.341 e. The molecule has 0 spiro atoms. The van der Waals surface area contributed by atoms with Crippen molar-refractivity contribution in [2.75, 3.05) is 5.32 Å². The molecule has 1 aliphatic rings. The smallest absolute Gasteiger partial charge is 0.341 e. The van der Waals surface area contributed by atoms with Crippen LogP contribution in [0.2, 0.25) is 0 Å². The molecule has 3 aromatic rings. The summed E-state index contributed by atoms with van der Waals surface area (Å²) in [5.41, 5.74) is 4.68. The van der Waals surface area contributed by atoms with E-state index in [0.717, 1.165) is 47.3 Å². The molecule has 1 aromatic carbocycles. The van der Waals surface area contributed by atoms with Gasteiger partial charge in [-0.05, 0) is 58.1 Å². The first kappa shape index (κ1) is 20.3. The number of anilines is 1. The summed E-state index contributed by atoms with van der Waals surface area (Å²) in [5, 5.41) is 10.6. The van der Waals surface area contributed by atoms with Crippen molar-refractivity contribution in [3.63, 3.8) is 0 Å². The molecule has 30 heavy (non-hydrogen) atoms. The van der Waals surface area contributed by atoms with Crippen LogP contribution in [-0.2, 0) is 17.6 Å². The number of nitrogens with zero attached hydrogens (tertiary/aromatic N) is 1. The molecule has 0 aliphatic heterocycles. The summed E-state index contributed by atoms with van der Waals surface area (Å²) in [6.07, 6.45) is 3.69. The maximum atomic E-state index is 12.9. The van der Waals surface area contributed by atoms with Crippen LogP contribution in [0, 0.1) is 6.92 Å². The molecular formula is C23H25N3O3S. The van der Waals surface area contributed by atoms with E-state index < -0.39 is 0 Å². The molecule has 2 heterocycles. The van der Waals surface area contributed by atoms with Crippen LogP contribution >= 0.6 is 11.3 Å². The van der Waals surface area contributed by atoms with Gasteiger partial charge in [0.1, 0.15) is 10.7 Å². The Hall–Kier alpha value is -2.93. The number of thiophene rings is 1. The van der Waals surface area contributed by atoms with Crippen LogP contribution in [0.3, 0.4) is 0 Å². The van der Waals surface area contributed by atoms with Gasteiger partial charge in [0.05, 0.1) is 17.4 Å². The number of hydrogen-bond donors (Lipinski definition) is 2. The highest BCUT2D eigenvalue weighted by molar-refractivity contribution is 7.17. The molecule has 2 aromatic heterocycles. The van der Waals surface area contributed by atoms with Crippen LogP contribution < -0.4 is 5.32 Å². The minimum absolute atomic E-state index is 0.218. The molecule has 0 fully saturated rings. The Bertz CT molecular complexity index is 1080. The lowest BCUT2D eigenvalue weighted by molar-refractivity contribution is 0.0378. The van der Waals surface area contributed by atoms with E-state index >= 15 is 0 Å². The molecule has 0 radical (unpaired) electrons. The quantitative estimate of drug-likeness (QED) is 0.556. The van der Waals surface area contributed by atoms with Crippen molar-refractivity contribution in [1.82, 2.24) is 10.2 Å². The number of aromatic amines is 1. The van der Waals surface area contributed by atoms with Crippen LogP contribution in [0.5, 0.6) is 0 Å². The van der Waals surface area contributed by atoms with Crippen molar-refractivity contribution in [2.45, 2.75) is 52.6 Å². The maximum absolute atomic E-state index is 12.9. The molecule has 0 bridgehead atoms. The first-order chi connectivity index (χ1) is 14.4. The fourth-order valence-electron chi connectivity index (χ4n) is 3.62. The molecule has 0 unspecified atom stereocenters. The first-order valence-corrected chi connectivity index (χ1v) is 11.0. The third-order valence-electron chi connectivity index (χ3n) is 5.12. The Balaban J connectivity index is 1.59. The third-order valence-corrected chi connectivity index (χ3v) is 6.32. The third kappa shape index (κ3) is 4.16. The summed E-state index contributed by atoms with van der Waals surface area (Å²) in [5.74, 6) is -0.692.